The molecule has 1 amide bonds. The number of carboxylic acids is 1. The van der Waals surface area contributed by atoms with Crippen molar-refractivity contribution in [2.24, 2.45) is 0 Å². The lowest BCUT2D eigenvalue weighted by Crippen LogP contribution is -2.45. The van der Waals surface area contributed by atoms with Crippen molar-refractivity contribution in [3.63, 3.8) is 0 Å². The van der Waals surface area contributed by atoms with Gasteiger partial charge < -0.3 is 24.7 Å². The van der Waals surface area contributed by atoms with Gasteiger partial charge in [-0.05, 0) is 32.0 Å². The molecule has 2 aromatic rings. The smallest absolute Gasteiger partial charge is 0.411 e. The van der Waals surface area contributed by atoms with Crippen molar-refractivity contribution in [2.45, 2.75) is 38.0 Å². The number of pyridine rings is 1. The third-order valence-electron chi connectivity index (χ3n) is 4.60. The standard InChI is InChI=1S/C21H25N2O5S/c1-21(2,13-29(3)4)28-20(26)23-12-14(11-17(23)19(24)25)27-18-9-10-22-16-8-6-5-7-15(16)18/h5-10,14,17H,3-4,11-13H2,1-2H3,(H,24,25)/q-1. The van der Waals surface area contributed by atoms with Crippen LogP contribution >= 0.6 is 0 Å². The number of fused-ring (bicyclic) bond motifs is 1. The second-order valence-electron chi connectivity index (χ2n) is 7.69. The van der Waals surface area contributed by atoms with Crippen LogP contribution in [0.25, 0.3) is 10.9 Å². The Morgan fingerprint density at radius 1 is 1.31 bits per heavy atom. The van der Waals surface area contributed by atoms with E-state index < -0.39 is 39.9 Å². The van der Waals surface area contributed by atoms with E-state index in [4.69, 9.17) is 9.47 Å². The van der Waals surface area contributed by atoms with Gasteiger partial charge in [0.25, 0.3) is 0 Å². The first kappa shape index (κ1) is 21.0. The summed E-state index contributed by atoms with van der Waals surface area (Å²) in [5.41, 5.74) is 0.0000255. The molecular formula is C21H25N2O5S-. The number of ether oxygens (including phenoxy) is 2. The summed E-state index contributed by atoms with van der Waals surface area (Å²) in [6.45, 7) is 3.66. The summed E-state index contributed by atoms with van der Waals surface area (Å²) in [6, 6.07) is 8.28. The van der Waals surface area contributed by atoms with Crippen molar-refractivity contribution < 1.29 is 24.2 Å². The van der Waals surface area contributed by atoms with Crippen molar-refractivity contribution in [1.82, 2.24) is 9.88 Å². The van der Waals surface area contributed by atoms with Gasteiger partial charge >= 0.3 is 12.1 Å². The van der Waals surface area contributed by atoms with Crippen LogP contribution < -0.4 is 4.74 Å². The van der Waals surface area contributed by atoms with Gasteiger partial charge in [0.2, 0.25) is 0 Å². The number of aromatic nitrogens is 1. The molecule has 7 nitrogen and oxygen atoms in total. The summed E-state index contributed by atoms with van der Waals surface area (Å²) >= 11 is 0. The Morgan fingerprint density at radius 3 is 2.72 bits per heavy atom. The lowest BCUT2D eigenvalue weighted by molar-refractivity contribution is -0.142. The molecule has 2 atom stereocenters. The van der Waals surface area contributed by atoms with Crippen LogP contribution in [0.4, 0.5) is 4.79 Å². The molecule has 2 unspecified atom stereocenters. The molecule has 156 valence electrons. The summed E-state index contributed by atoms with van der Waals surface area (Å²) in [5, 5.41) is 10.4. The largest absolute Gasteiger partial charge is 0.488 e. The summed E-state index contributed by atoms with van der Waals surface area (Å²) in [7, 11) is -0.410. The second kappa shape index (κ2) is 8.32. The summed E-state index contributed by atoms with van der Waals surface area (Å²) in [4.78, 5) is 30.0. The summed E-state index contributed by atoms with van der Waals surface area (Å²) < 4.78 is 11.6. The van der Waals surface area contributed by atoms with Gasteiger partial charge in [-0.3, -0.25) is 9.88 Å². The fourth-order valence-corrected chi connectivity index (χ4v) is 4.53. The number of benzene rings is 1. The lowest BCUT2D eigenvalue weighted by atomic mass is 10.2. The maximum atomic E-state index is 12.7. The first-order valence-corrected chi connectivity index (χ1v) is 10.9. The van der Waals surface area contributed by atoms with Gasteiger partial charge in [-0.1, -0.05) is 17.9 Å². The Balaban J connectivity index is 1.76. The molecule has 1 aromatic heterocycles. The molecule has 3 rings (SSSR count). The third kappa shape index (κ3) is 5.00. The van der Waals surface area contributed by atoms with Crippen LogP contribution in [0.2, 0.25) is 0 Å². The van der Waals surface area contributed by atoms with Crippen LogP contribution in [0.1, 0.15) is 20.3 Å². The van der Waals surface area contributed by atoms with Crippen LogP contribution in [0.5, 0.6) is 5.75 Å². The van der Waals surface area contributed by atoms with Gasteiger partial charge in [-0.25, -0.2) is 21.3 Å². The van der Waals surface area contributed by atoms with E-state index in [0.29, 0.717) is 11.5 Å². The molecule has 0 radical (unpaired) electrons. The quantitative estimate of drug-likeness (QED) is 0.574. The zero-order valence-electron chi connectivity index (χ0n) is 16.5. The minimum Gasteiger partial charge on any atom is -0.488 e. The molecule has 0 aliphatic carbocycles. The molecule has 0 saturated carbocycles. The molecule has 1 N–H and O–H groups in total. The Bertz CT molecular complexity index is 988. The number of carbonyl (C=O) groups is 2. The SMILES string of the molecule is C=[S-](=C)CC(C)(C)OC(=O)N1CC(Oc2ccnc3ccccc23)CC1C(=O)O. The zero-order valence-corrected chi connectivity index (χ0v) is 17.4. The molecule has 0 bridgehead atoms. The molecule has 1 saturated heterocycles. The van der Waals surface area contributed by atoms with E-state index in [1.807, 2.05) is 24.3 Å². The maximum Gasteiger partial charge on any atom is 0.411 e. The van der Waals surface area contributed by atoms with Crippen molar-refractivity contribution in [3.8, 4) is 5.75 Å². The monoisotopic (exact) mass is 417 g/mol. The van der Waals surface area contributed by atoms with E-state index in [1.54, 1.807) is 26.1 Å². The third-order valence-corrected chi connectivity index (χ3v) is 5.70. The molecule has 0 spiro atoms. The molecule has 1 aliphatic heterocycles. The highest BCUT2D eigenvalue weighted by Crippen LogP contribution is 2.29. The molecular weight excluding hydrogens is 392 g/mol. The van der Waals surface area contributed by atoms with E-state index in [1.165, 1.54) is 4.90 Å². The normalized spacial score (nSPS) is 19.5. The molecule has 1 fully saturated rings. The number of nitrogens with zero attached hydrogens (tertiary/aromatic N) is 2. The topological polar surface area (TPSA) is 89.0 Å². The van der Waals surface area contributed by atoms with Crippen molar-refractivity contribution >= 4 is 44.8 Å². The molecule has 29 heavy (non-hydrogen) atoms. The highest BCUT2D eigenvalue weighted by Gasteiger charge is 2.43. The van der Waals surface area contributed by atoms with Crippen LogP contribution in [0.3, 0.4) is 0 Å². The van der Waals surface area contributed by atoms with Crippen LogP contribution in [0, 0.1) is 0 Å². The first-order valence-electron chi connectivity index (χ1n) is 9.19. The lowest BCUT2D eigenvalue weighted by Gasteiger charge is -2.32. The Kier molecular flexibility index (Phi) is 6.02. The fourth-order valence-electron chi connectivity index (χ4n) is 3.49. The van der Waals surface area contributed by atoms with E-state index in [0.717, 1.165) is 10.9 Å². The zero-order chi connectivity index (χ0) is 21.2. The van der Waals surface area contributed by atoms with Gasteiger partial charge in [0, 0.05) is 18.0 Å². The van der Waals surface area contributed by atoms with Crippen LogP contribution in [-0.4, -0.2) is 68.8 Å². The minimum absolute atomic E-state index is 0.128. The Morgan fingerprint density at radius 2 is 2.03 bits per heavy atom. The fraction of sp³-hybridized carbons (Fsp3) is 0.381. The first-order chi connectivity index (χ1) is 13.7. The number of hydrogen-bond acceptors (Lipinski definition) is 6. The number of aliphatic carboxylic acids is 1. The van der Waals surface area contributed by atoms with Crippen molar-refractivity contribution in [3.05, 3.63) is 36.5 Å². The maximum absolute atomic E-state index is 12.7. The Hall–Kier alpha value is -2.74. The Labute approximate surface area is 171 Å². The molecule has 2 heterocycles. The average molecular weight is 418 g/mol. The highest BCUT2D eigenvalue weighted by molar-refractivity contribution is 7.91. The molecule has 1 aliphatic rings. The number of rotatable bonds is 6. The van der Waals surface area contributed by atoms with E-state index in [-0.39, 0.29) is 13.0 Å². The van der Waals surface area contributed by atoms with Crippen molar-refractivity contribution in [1.29, 1.82) is 0 Å². The predicted octanol–water partition coefficient (Wildman–Crippen LogP) is 2.54. The summed E-state index contributed by atoms with van der Waals surface area (Å²) in [6.07, 6.45) is 0.688. The second-order valence-corrected chi connectivity index (χ2v) is 9.21. The minimum atomic E-state index is -1.08. The predicted molar refractivity (Wildman–Crippen MR) is 116 cm³/mol. The molecule has 1 aromatic carbocycles. The van der Waals surface area contributed by atoms with E-state index >= 15 is 0 Å². The van der Waals surface area contributed by atoms with Crippen LogP contribution in [-0.2, 0) is 19.6 Å². The van der Waals surface area contributed by atoms with E-state index in [2.05, 4.69) is 16.7 Å². The highest BCUT2D eigenvalue weighted by atomic mass is 32.2. The number of amides is 1. The van der Waals surface area contributed by atoms with Gasteiger partial charge in [-0.15, -0.1) is 0 Å². The van der Waals surface area contributed by atoms with Gasteiger partial charge in [-0.2, -0.15) is 0 Å². The van der Waals surface area contributed by atoms with Gasteiger partial charge in [0.05, 0.1) is 17.7 Å². The number of hydrogen-bond donors (Lipinski definition) is 1. The number of carboxylic acid groups (broad SMARTS) is 1. The average Bonchev–Trinajstić information content (AvgIpc) is 3.05. The van der Waals surface area contributed by atoms with E-state index in [9.17, 15) is 14.7 Å². The van der Waals surface area contributed by atoms with Crippen molar-refractivity contribution in [2.75, 3.05) is 12.3 Å². The van der Waals surface area contributed by atoms with Gasteiger partial charge in [0.1, 0.15) is 17.9 Å². The van der Waals surface area contributed by atoms with Crippen LogP contribution in [0.15, 0.2) is 36.5 Å². The summed E-state index contributed by atoms with van der Waals surface area (Å²) in [5.74, 6) is 7.72. The molecule has 8 heteroatoms. The number of likely N-dealkylation sites (tertiary alicyclic amines) is 1. The van der Waals surface area contributed by atoms with Gasteiger partial charge in [0.15, 0.2) is 0 Å². The number of carbonyl (C=O) groups excluding carboxylic acids is 1. The number of para-hydroxylation sites is 1.